The standard InChI is InChI=1S/C33H45B/c1-16-19(4)25(10)31(26(11)20(16)5)34(32-27(12)21(6)17(2)22(7)28(32)13)33-29(14)23(8)18(3)24(9)30(33)15/h1-15H3. The SMILES string of the molecule is Cc1c(C)c(C)c(B(c2c(C)c(C)c(C)c(C)c2C)c2c(C)c(C)c(C)c(C)c2C)c(C)c1C. The Hall–Kier alpha value is -2.28. The molecule has 0 bridgehead atoms. The van der Waals surface area contributed by atoms with Gasteiger partial charge in [0.05, 0.1) is 0 Å². The van der Waals surface area contributed by atoms with Crippen LogP contribution in [0.1, 0.15) is 83.5 Å². The Morgan fingerprint density at radius 1 is 0.206 bits per heavy atom. The summed E-state index contributed by atoms with van der Waals surface area (Å²) >= 11 is 0. The second-order valence-electron chi connectivity index (χ2n) is 11.0. The van der Waals surface area contributed by atoms with Gasteiger partial charge in [-0.25, -0.2) is 0 Å². The van der Waals surface area contributed by atoms with Gasteiger partial charge in [0.15, 0.2) is 0 Å². The zero-order valence-electron chi connectivity index (χ0n) is 24.6. The Bertz CT molecular complexity index is 1080. The van der Waals surface area contributed by atoms with Gasteiger partial charge in [0.25, 0.3) is 0 Å². The van der Waals surface area contributed by atoms with Crippen molar-refractivity contribution in [2.75, 3.05) is 0 Å². The first-order valence-electron chi connectivity index (χ1n) is 12.9. The smallest absolute Gasteiger partial charge is 0.0624 e. The molecule has 0 fully saturated rings. The second kappa shape index (κ2) is 9.06. The molecule has 0 spiro atoms. The fourth-order valence-electron chi connectivity index (χ4n) is 6.32. The molecule has 0 aliphatic rings. The first-order chi connectivity index (χ1) is 15.7. The van der Waals surface area contributed by atoms with Crippen LogP contribution in [-0.2, 0) is 0 Å². The van der Waals surface area contributed by atoms with Gasteiger partial charge in [-0.15, -0.1) is 0 Å². The maximum Gasteiger partial charge on any atom is 0.243 e. The summed E-state index contributed by atoms with van der Waals surface area (Å²) in [6.45, 7) is 35.1. The van der Waals surface area contributed by atoms with Crippen molar-refractivity contribution in [1.29, 1.82) is 0 Å². The molecule has 3 aromatic rings. The molecule has 0 unspecified atom stereocenters. The number of benzene rings is 3. The third-order valence-corrected chi connectivity index (χ3v) is 10.0. The molecular weight excluding hydrogens is 407 g/mol. The number of hydrogen-bond acceptors (Lipinski definition) is 0. The van der Waals surface area contributed by atoms with E-state index in [0.29, 0.717) is 0 Å². The molecule has 3 rings (SSSR count). The van der Waals surface area contributed by atoms with Crippen LogP contribution in [0.5, 0.6) is 0 Å². The summed E-state index contributed by atoms with van der Waals surface area (Å²) in [4.78, 5) is 0. The maximum atomic E-state index is 2.36. The van der Waals surface area contributed by atoms with Gasteiger partial charge in [-0.2, -0.15) is 0 Å². The Kier molecular flexibility index (Phi) is 7.02. The lowest BCUT2D eigenvalue weighted by atomic mass is 9.32. The summed E-state index contributed by atoms with van der Waals surface area (Å²) in [5.41, 5.74) is 26.2. The number of rotatable bonds is 3. The van der Waals surface area contributed by atoms with E-state index in [1.54, 1.807) is 0 Å². The third-order valence-electron chi connectivity index (χ3n) is 10.0. The molecule has 0 amide bonds. The summed E-state index contributed by atoms with van der Waals surface area (Å²) in [7, 11) is 0. The molecule has 0 N–H and O–H groups in total. The summed E-state index contributed by atoms with van der Waals surface area (Å²) in [5, 5.41) is 0. The monoisotopic (exact) mass is 452 g/mol. The van der Waals surface area contributed by atoms with Gasteiger partial charge in [-0.05, 0) is 154 Å². The molecule has 0 saturated carbocycles. The van der Waals surface area contributed by atoms with Crippen LogP contribution >= 0.6 is 0 Å². The second-order valence-corrected chi connectivity index (χ2v) is 11.0. The largest absolute Gasteiger partial charge is 0.243 e. The summed E-state index contributed by atoms with van der Waals surface area (Å²) in [5.74, 6) is 0. The van der Waals surface area contributed by atoms with Crippen LogP contribution in [-0.4, -0.2) is 6.71 Å². The summed E-state index contributed by atoms with van der Waals surface area (Å²) in [6, 6.07) is 0. The van der Waals surface area contributed by atoms with Crippen LogP contribution < -0.4 is 16.4 Å². The van der Waals surface area contributed by atoms with Crippen LogP contribution in [0, 0.1) is 104 Å². The van der Waals surface area contributed by atoms with Gasteiger partial charge < -0.3 is 0 Å². The van der Waals surface area contributed by atoms with E-state index in [2.05, 4.69) is 104 Å². The van der Waals surface area contributed by atoms with Gasteiger partial charge >= 0.3 is 0 Å². The highest BCUT2D eigenvalue weighted by Gasteiger charge is 2.34. The Labute approximate surface area is 210 Å². The minimum absolute atomic E-state index is 0.231. The summed E-state index contributed by atoms with van der Waals surface area (Å²) in [6.07, 6.45) is 0. The maximum absolute atomic E-state index is 2.36. The Morgan fingerprint density at radius 2 is 0.324 bits per heavy atom. The average molecular weight is 453 g/mol. The van der Waals surface area contributed by atoms with E-state index in [1.165, 1.54) is 99.8 Å². The van der Waals surface area contributed by atoms with Crippen molar-refractivity contribution in [2.24, 2.45) is 0 Å². The van der Waals surface area contributed by atoms with Crippen molar-refractivity contribution in [1.82, 2.24) is 0 Å². The zero-order chi connectivity index (χ0) is 26.0. The first kappa shape index (κ1) is 26.3. The minimum atomic E-state index is 0.231. The van der Waals surface area contributed by atoms with Gasteiger partial charge in [-0.3, -0.25) is 0 Å². The Balaban J connectivity index is 2.68. The summed E-state index contributed by atoms with van der Waals surface area (Å²) < 4.78 is 0. The fraction of sp³-hybridized carbons (Fsp3) is 0.455. The normalized spacial score (nSPS) is 11.4. The van der Waals surface area contributed by atoms with Crippen molar-refractivity contribution in [3.8, 4) is 0 Å². The van der Waals surface area contributed by atoms with Crippen LogP contribution in [0.15, 0.2) is 0 Å². The van der Waals surface area contributed by atoms with Crippen molar-refractivity contribution >= 4 is 23.1 Å². The molecular formula is C33H45B. The van der Waals surface area contributed by atoms with Crippen LogP contribution in [0.2, 0.25) is 0 Å². The molecule has 0 aliphatic carbocycles. The molecule has 0 aliphatic heterocycles. The highest BCUT2D eigenvalue weighted by atomic mass is 14.2. The minimum Gasteiger partial charge on any atom is -0.0624 e. The average Bonchev–Trinajstić information content (AvgIpc) is 2.81. The van der Waals surface area contributed by atoms with Crippen molar-refractivity contribution in [3.05, 3.63) is 83.5 Å². The third kappa shape index (κ3) is 3.67. The highest BCUT2D eigenvalue weighted by Crippen LogP contribution is 2.26. The molecule has 1 heteroatoms. The molecule has 0 radical (unpaired) electrons. The first-order valence-corrected chi connectivity index (χ1v) is 12.9. The van der Waals surface area contributed by atoms with Crippen LogP contribution in [0.4, 0.5) is 0 Å². The van der Waals surface area contributed by atoms with Crippen molar-refractivity contribution < 1.29 is 0 Å². The molecule has 0 heterocycles. The lowest BCUT2D eigenvalue weighted by Crippen LogP contribution is -2.58. The van der Waals surface area contributed by atoms with E-state index in [0.717, 1.165) is 0 Å². The van der Waals surface area contributed by atoms with Gasteiger partial charge in [-0.1, -0.05) is 49.8 Å². The van der Waals surface area contributed by atoms with Gasteiger partial charge in [0.2, 0.25) is 6.71 Å². The molecule has 0 atom stereocenters. The fourth-order valence-corrected chi connectivity index (χ4v) is 6.32. The molecule has 3 aromatic carbocycles. The molecule has 34 heavy (non-hydrogen) atoms. The lowest BCUT2D eigenvalue weighted by molar-refractivity contribution is 1.18. The van der Waals surface area contributed by atoms with Crippen molar-refractivity contribution in [3.63, 3.8) is 0 Å². The van der Waals surface area contributed by atoms with E-state index in [4.69, 9.17) is 0 Å². The van der Waals surface area contributed by atoms with Crippen molar-refractivity contribution in [2.45, 2.75) is 104 Å². The predicted octanol–water partition coefficient (Wildman–Crippen LogP) is 6.83. The van der Waals surface area contributed by atoms with E-state index >= 15 is 0 Å². The number of hydrogen-bond donors (Lipinski definition) is 0. The van der Waals surface area contributed by atoms with E-state index in [9.17, 15) is 0 Å². The van der Waals surface area contributed by atoms with E-state index < -0.39 is 0 Å². The molecule has 0 aromatic heterocycles. The molecule has 180 valence electrons. The van der Waals surface area contributed by atoms with E-state index in [-0.39, 0.29) is 6.71 Å². The lowest BCUT2D eigenvalue weighted by Gasteiger charge is -2.32. The van der Waals surface area contributed by atoms with Crippen LogP contribution in [0.25, 0.3) is 0 Å². The van der Waals surface area contributed by atoms with E-state index in [1.807, 2.05) is 0 Å². The predicted molar refractivity (Wildman–Crippen MR) is 155 cm³/mol. The van der Waals surface area contributed by atoms with Gasteiger partial charge in [0.1, 0.15) is 0 Å². The molecule has 0 nitrogen and oxygen atoms in total. The Morgan fingerprint density at radius 3 is 0.471 bits per heavy atom. The highest BCUT2D eigenvalue weighted by molar-refractivity contribution is 6.97. The quantitative estimate of drug-likeness (QED) is 0.382. The zero-order valence-corrected chi connectivity index (χ0v) is 24.6. The van der Waals surface area contributed by atoms with Crippen LogP contribution in [0.3, 0.4) is 0 Å². The molecule has 0 saturated heterocycles. The van der Waals surface area contributed by atoms with Gasteiger partial charge in [0, 0.05) is 0 Å². The topological polar surface area (TPSA) is 0 Å².